The molecular formula is C24H16ClN3O. The lowest BCUT2D eigenvalue weighted by Gasteiger charge is -2.12. The summed E-state index contributed by atoms with van der Waals surface area (Å²) in [5.74, 6) is 1.59. The van der Waals surface area contributed by atoms with Crippen LogP contribution >= 0.6 is 11.6 Å². The van der Waals surface area contributed by atoms with E-state index in [4.69, 9.17) is 22.1 Å². The van der Waals surface area contributed by atoms with Gasteiger partial charge in [0, 0.05) is 16.1 Å². The molecule has 0 aliphatic rings. The number of halogens is 1. The van der Waals surface area contributed by atoms with Crippen molar-refractivity contribution in [3.63, 3.8) is 0 Å². The lowest BCUT2D eigenvalue weighted by Crippen LogP contribution is -2.00. The normalized spacial score (nSPS) is 10.3. The van der Waals surface area contributed by atoms with Crippen LogP contribution in [0.15, 0.2) is 84.9 Å². The molecule has 0 unspecified atom stereocenters. The van der Waals surface area contributed by atoms with Gasteiger partial charge in [0.05, 0.1) is 5.69 Å². The third-order valence-electron chi connectivity index (χ3n) is 4.42. The monoisotopic (exact) mass is 397 g/mol. The summed E-state index contributed by atoms with van der Waals surface area (Å²) in [6, 6.07) is 28.4. The van der Waals surface area contributed by atoms with Crippen molar-refractivity contribution in [3.05, 3.63) is 95.5 Å². The fraction of sp³-hybridized carbons (Fsp3) is 0. The topological polar surface area (TPSA) is 71.9 Å². The Labute approximate surface area is 173 Å². The largest absolute Gasteiger partial charge is 0.457 e. The zero-order valence-corrected chi connectivity index (χ0v) is 16.1. The van der Waals surface area contributed by atoms with E-state index in [-0.39, 0.29) is 5.82 Å². The minimum atomic E-state index is 0.185. The standard InChI is InChI=1S/C24H16ClN3O/c25-18-11-9-16(10-12-18)23-14-21(22(15-26)24(27)28-23)17-5-4-8-20(13-17)29-19-6-2-1-3-7-19/h1-14H,(H2,27,28). The highest BCUT2D eigenvalue weighted by atomic mass is 35.5. The molecule has 0 aliphatic heterocycles. The Balaban J connectivity index is 1.78. The van der Waals surface area contributed by atoms with Crippen molar-refractivity contribution in [1.29, 1.82) is 5.26 Å². The first-order valence-corrected chi connectivity index (χ1v) is 9.32. The molecule has 0 aliphatic carbocycles. The minimum absolute atomic E-state index is 0.185. The number of benzene rings is 3. The maximum absolute atomic E-state index is 9.64. The third-order valence-corrected chi connectivity index (χ3v) is 4.68. The molecule has 2 N–H and O–H groups in total. The van der Waals surface area contributed by atoms with Crippen LogP contribution in [-0.4, -0.2) is 4.98 Å². The highest BCUT2D eigenvalue weighted by Crippen LogP contribution is 2.34. The van der Waals surface area contributed by atoms with E-state index in [0.29, 0.717) is 27.6 Å². The average Bonchev–Trinajstić information content (AvgIpc) is 2.74. The number of para-hydroxylation sites is 1. The number of hydrogen-bond donors (Lipinski definition) is 1. The molecule has 0 amide bonds. The minimum Gasteiger partial charge on any atom is -0.457 e. The highest BCUT2D eigenvalue weighted by molar-refractivity contribution is 6.30. The summed E-state index contributed by atoms with van der Waals surface area (Å²) in [7, 11) is 0. The molecule has 3 aromatic carbocycles. The lowest BCUT2D eigenvalue weighted by atomic mass is 9.98. The van der Waals surface area contributed by atoms with E-state index in [9.17, 15) is 5.26 Å². The second-order valence-electron chi connectivity index (χ2n) is 6.38. The molecule has 1 aromatic heterocycles. The van der Waals surface area contributed by atoms with Gasteiger partial charge in [-0.25, -0.2) is 4.98 Å². The molecule has 0 bridgehead atoms. The number of hydrogen-bond acceptors (Lipinski definition) is 4. The summed E-state index contributed by atoms with van der Waals surface area (Å²) in [6.07, 6.45) is 0. The molecule has 0 saturated heterocycles. The second kappa shape index (κ2) is 8.05. The number of anilines is 1. The van der Waals surface area contributed by atoms with Gasteiger partial charge in [-0.05, 0) is 48.0 Å². The van der Waals surface area contributed by atoms with Crippen LogP contribution in [0.2, 0.25) is 5.02 Å². The predicted octanol–water partition coefficient (Wildman–Crippen LogP) is 6.32. The van der Waals surface area contributed by atoms with Gasteiger partial charge in [0.1, 0.15) is 28.9 Å². The molecule has 1 heterocycles. The van der Waals surface area contributed by atoms with E-state index in [1.165, 1.54) is 0 Å². The third kappa shape index (κ3) is 4.06. The zero-order valence-electron chi connectivity index (χ0n) is 15.3. The Hall–Kier alpha value is -3.81. The number of nitriles is 1. The van der Waals surface area contributed by atoms with Crippen LogP contribution in [0, 0.1) is 11.3 Å². The van der Waals surface area contributed by atoms with Gasteiger partial charge in [-0.3, -0.25) is 0 Å². The molecule has 29 heavy (non-hydrogen) atoms. The van der Waals surface area contributed by atoms with Crippen LogP contribution in [0.25, 0.3) is 22.4 Å². The Bertz CT molecular complexity index is 1200. The van der Waals surface area contributed by atoms with Crippen molar-refractivity contribution in [2.45, 2.75) is 0 Å². The van der Waals surface area contributed by atoms with E-state index in [2.05, 4.69) is 11.1 Å². The number of ether oxygens (including phenoxy) is 1. The van der Waals surface area contributed by atoms with E-state index in [1.54, 1.807) is 12.1 Å². The van der Waals surface area contributed by atoms with E-state index in [1.807, 2.05) is 72.8 Å². The number of pyridine rings is 1. The number of nitrogen functional groups attached to an aromatic ring is 1. The molecule has 140 valence electrons. The van der Waals surface area contributed by atoms with Gasteiger partial charge in [-0.1, -0.05) is 54.1 Å². The Morgan fingerprint density at radius 2 is 1.55 bits per heavy atom. The van der Waals surface area contributed by atoms with Gasteiger partial charge in [-0.15, -0.1) is 0 Å². The summed E-state index contributed by atoms with van der Waals surface area (Å²) in [4.78, 5) is 4.40. The molecule has 5 heteroatoms. The maximum atomic E-state index is 9.64. The fourth-order valence-electron chi connectivity index (χ4n) is 3.03. The Morgan fingerprint density at radius 3 is 2.28 bits per heavy atom. The van der Waals surface area contributed by atoms with Crippen LogP contribution in [-0.2, 0) is 0 Å². The van der Waals surface area contributed by atoms with Gasteiger partial charge in [0.25, 0.3) is 0 Å². The number of nitrogens with two attached hydrogens (primary N) is 1. The van der Waals surface area contributed by atoms with Gasteiger partial charge in [-0.2, -0.15) is 5.26 Å². The van der Waals surface area contributed by atoms with Gasteiger partial charge in [0.15, 0.2) is 0 Å². The summed E-state index contributed by atoms with van der Waals surface area (Å²) in [5, 5.41) is 10.3. The molecular weight excluding hydrogens is 382 g/mol. The molecule has 0 radical (unpaired) electrons. The highest BCUT2D eigenvalue weighted by Gasteiger charge is 2.14. The van der Waals surface area contributed by atoms with Crippen molar-refractivity contribution in [2.24, 2.45) is 0 Å². The van der Waals surface area contributed by atoms with Crippen LogP contribution in [0.3, 0.4) is 0 Å². The smallest absolute Gasteiger partial charge is 0.142 e. The molecule has 4 nitrogen and oxygen atoms in total. The summed E-state index contributed by atoms with van der Waals surface area (Å²) >= 11 is 5.99. The fourth-order valence-corrected chi connectivity index (χ4v) is 3.16. The van der Waals surface area contributed by atoms with E-state index >= 15 is 0 Å². The van der Waals surface area contributed by atoms with Crippen LogP contribution < -0.4 is 10.5 Å². The first kappa shape index (κ1) is 18.5. The first-order chi connectivity index (χ1) is 14.1. The van der Waals surface area contributed by atoms with E-state index in [0.717, 1.165) is 16.9 Å². The number of nitrogens with zero attached hydrogens (tertiary/aromatic N) is 2. The summed E-state index contributed by atoms with van der Waals surface area (Å²) in [6.45, 7) is 0. The summed E-state index contributed by atoms with van der Waals surface area (Å²) < 4.78 is 5.93. The van der Waals surface area contributed by atoms with Crippen molar-refractivity contribution in [3.8, 4) is 40.0 Å². The number of rotatable bonds is 4. The quantitative estimate of drug-likeness (QED) is 0.437. The summed E-state index contributed by atoms with van der Waals surface area (Å²) in [5.41, 5.74) is 9.49. The van der Waals surface area contributed by atoms with Crippen LogP contribution in [0.5, 0.6) is 11.5 Å². The van der Waals surface area contributed by atoms with Crippen LogP contribution in [0.1, 0.15) is 5.56 Å². The Morgan fingerprint density at radius 1 is 0.828 bits per heavy atom. The first-order valence-electron chi connectivity index (χ1n) is 8.94. The van der Waals surface area contributed by atoms with E-state index < -0.39 is 0 Å². The van der Waals surface area contributed by atoms with Crippen LogP contribution in [0.4, 0.5) is 5.82 Å². The molecule has 0 spiro atoms. The van der Waals surface area contributed by atoms with Crippen molar-refractivity contribution >= 4 is 17.4 Å². The average molecular weight is 398 g/mol. The zero-order chi connectivity index (χ0) is 20.2. The van der Waals surface area contributed by atoms with Crippen molar-refractivity contribution < 1.29 is 4.74 Å². The van der Waals surface area contributed by atoms with Crippen molar-refractivity contribution in [1.82, 2.24) is 4.98 Å². The molecule has 4 rings (SSSR count). The Kier molecular flexibility index (Phi) is 5.15. The SMILES string of the molecule is N#Cc1c(-c2cccc(Oc3ccccc3)c2)cc(-c2ccc(Cl)cc2)nc1N. The number of aromatic nitrogens is 1. The van der Waals surface area contributed by atoms with Gasteiger partial charge >= 0.3 is 0 Å². The van der Waals surface area contributed by atoms with Crippen molar-refractivity contribution in [2.75, 3.05) is 5.73 Å². The van der Waals surface area contributed by atoms with Gasteiger partial charge < -0.3 is 10.5 Å². The molecule has 0 atom stereocenters. The maximum Gasteiger partial charge on any atom is 0.142 e. The predicted molar refractivity (Wildman–Crippen MR) is 116 cm³/mol. The molecule has 0 fully saturated rings. The molecule has 0 saturated carbocycles. The second-order valence-corrected chi connectivity index (χ2v) is 6.81. The van der Waals surface area contributed by atoms with Gasteiger partial charge in [0.2, 0.25) is 0 Å². The molecule has 4 aromatic rings. The lowest BCUT2D eigenvalue weighted by molar-refractivity contribution is 0.483.